The molecule has 0 spiro atoms. The fraction of sp³-hybridized carbons (Fsp3) is 0.176. The van der Waals surface area contributed by atoms with Gasteiger partial charge in [0.25, 0.3) is 0 Å². The molecule has 2 aromatic carbocycles. The number of anilines is 2. The van der Waals surface area contributed by atoms with Gasteiger partial charge in [-0.1, -0.05) is 12.1 Å². The van der Waals surface area contributed by atoms with E-state index in [4.69, 9.17) is 4.74 Å². The van der Waals surface area contributed by atoms with E-state index in [-0.39, 0.29) is 18.2 Å². The van der Waals surface area contributed by atoms with Crippen molar-refractivity contribution in [1.82, 2.24) is 0 Å². The summed E-state index contributed by atoms with van der Waals surface area (Å²) in [5.41, 5.74) is 2.32. The molecule has 0 fully saturated rings. The highest BCUT2D eigenvalue weighted by Gasteiger charge is 2.16. The minimum atomic E-state index is -0.118. The molecule has 1 heterocycles. The topological polar surface area (TPSA) is 67.4 Å². The van der Waals surface area contributed by atoms with Gasteiger partial charge in [0, 0.05) is 16.6 Å². The van der Waals surface area contributed by atoms with Crippen LogP contribution in [0.3, 0.4) is 0 Å². The van der Waals surface area contributed by atoms with Gasteiger partial charge in [-0.15, -0.1) is 11.8 Å². The molecular weight excluding hydrogens is 312 g/mol. The molecule has 0 aromatic heterocycles. The molecule has 0 aliphatic carbocycles. The Labute approximate surface area is 138 Å². The van der Waals surface area contributed by atoms with Crippen molar-refractivity contribution < 1.29 is 14.3 Å². The Hall–Kier alpha value is -2.47. The van der Waals surface area contributed by atoms with E-state index >= 15 is 0 Å². The van der Waals surface area contributed by atoms with Crippen molar-refractivity contribution in [1.29, 1.82) is 0 Å². The van der Waals surface area contributed by atoms with E-state index in [0.29, 0.717) is 17.2 Å². The number of fused-ring (bicyclic) bond motifs is 1. The molecule has 3 rings (SSSR count). The van der Waals surface area contributed by atoms with Crippen LogP contribution in [0, 0.1) is 0 Å². The zero-order valence-electron chi connectivity index (χ0n) is 12.6. The number of methoxy groups -OCH3 is 1. The molecule has 0 saturated carbocycles. The second-order valence-electron chi connectivity index (χ2n) is 5.12. The lowest BCUT2D eigenvalue weighted by molar-refractivity contribution is -0.115. The second-order valence-corrected chi connectivity index (χ2v) is 6.14. The molecule has 2 amide bonds. The maximum absolute atomic E-state index is 12.2. The Morgan fingerprint density at radius 3 is 3.00 bits per heavy atom. The minimum absolute atomic E-state index is 0.0134. The molecule has 6 heteroatoms. The number of amides is 2. The van der Waals surface area contributed by atoms with E-state index < -0.39 is 0 Å². The summed E-state index contributed by atoms with van der Waals surface area (Å²) in [5.74, 6) is 0.993. The van der Waals surface area contributed by atoms with Crippen LogP contribution in [0.2, 0.25) is 0 Å². The second kappa shape index (κ2) is 6.75. The number of thioether (sulfide) groups is 1. The maximum atomic E-state index is 12.2. The zero-order valence-corrected chi connectivity index (χ0v) is 13.4. The third-order valence-corrected chi connectivity index (χ3v) is 4.47. The smallest absolute Gasteiger partial charge is 0.234 e. The van der Waals surface area contributed by atoms with Crippen LogP contribution in [0.1, 0.15) is 5.56 Å². The van der Waals surface area contributed by atoms with E-state index in [9.17, 15) is 9.59 Å². The lowest BCUT2D eigenvalue weighted by atomic mass is 10.1. The Kier molecular flexibility index (Phi) is 4.52. The third-order valence-electron chi connectivity index (χ3n) is 3.40. The predicted molar refractivity (Wildman–Crippen MR) is 91.1 cm³/mol. The van der Waals surface area contributed by atoms with E-state index in [0.717, 1.165) is 16.1 Å². The number of hydrogen-bond acceptors (Lipinski definition) is 4. The van der Waals surface area contributed by atoms with Gasteiger partial charge < -0.3 is 15.4 Å². The van der Waals surface area contributed by atoms with Crippen molar-refractivity contribution in [3.05, 3.63) is 48.0 Å². The number of carbonyl (C=O) groups excluding carboxylic acids is 2. The molecule has 1 aliphatic heterocycles. The van der Waals surface area contributed by atoms with Gasteiger partial charge in [-0.3, -0.25) is 9.59 Å². The number of ether oxygens (including phenoxy) is 1. The summed E-state index contributed by atoms with van der Waals surface area (Å²) in [6.45, 7) is 0. The molecule has 118 valence electrons. The monoisotopic (exact) mass is 328 g/mol. The van der Waals surface area contributed by atoms with Crippen molar-refractivity contribution in [2.45, 2.75) is 11.3 Å². The maximum Gasteiger partial charge on any atom is 0.234 e. The summed E-state index contributed by atoms with van der Waals surface area (Å²) in [4.78, 5) is 24.6. The van der Waals surface area contributed by atoms with Crippen LogP contribution >= 0.6 is 11.8 Å². The van der Waals surface area contributed by atoms with Gasteiger partial charge in [-0.05, 0) is 29.8 Å². The van der Waals surface area contributed by atoms with Gasteiger partial charge in [-0.25, -0.2) is 0 Å². The van der Waals surface area contributed by atoms with Gasteiger partial charge in [0.1, 0.15) is 5.75 Å². The van der Waals surface area contributed by atoms with Gasteiger partial charge in [0.15, 0.2) is 0 Å². The van der Waals surface area contributed by atoms with Crippen LogP contribution in [-0.4, -0.2) is 24.7 Å². The fourth-order valence-corrected chi connectivity index (χ4v) is 3.12. The fourth-order valence-electron chi connectivity index (χ4n) is 2.33. The molecule has 2 N–H and O–H groups in total. The molecule has 0 saturated heterocycles. The van der Waals surface area contributed by atoms with Crippen LogP contribution in [0.15, 0.2) is 47.4 Å². The van der Waals surface area contributed by atoms with E-state index in [1.54, 1.807) is 13.2 Å². The highest BCUT2D eigenvalue weighted by Crippen LogP contribution is 2.32. The first-order valence-corrected chi connectivity index (χ1v) is 8.12. The molecular formula is C17H16N2O3S. The Morgan fingerprint density at radius 1 is 1.30 bits per heavy atom. The number of hydrogen-bond donors (Lipinski definition) is 2. The summed E-state index contributed by atoms with van der Waals surface area (Å²) in [5, 5.41) is 5.67. The largest absolute Gasteiger partial charge is 0.497 e. The van der Waals surface area contributed by atoms with Gasteiger partial charge in [0.05, 0.1) is 25.0 Å². The first-order valence-electron chi connectivity index (χ1n) is 7.13. The average molecular weight is 328 g/mol. The van der Waals surface area contributed by atoms with E-state index in [1.807, 2.05) is 36.4 Å². The van der Waals surface area contributed by atoms with Gasteiger partial charge >= 0.3 is 0 Å². The van der Waals surface area contributed by atoms with E-state index in [1.165, 1.54) is 11.8 Å². The van der Waals surface area contributed by atoms with Crippen molar-refractivity contribution in [2.24, 2.45) is 0 Å². The SMILES string of the molecule is COc1cccc(NC(=O)Cc2ccc3c(c2)NC(=O)CS3)c1. The number of nitrogens with one attached hydrogen (secondary N) is 2. The number of benzene rings is 2. The lowest BCUT2D eigenvalue weighted by Crippen LogP contribution is -2.19. The summed E-state index contributed by atoms with van der Waals surface area (Å²) >= 11 is 1.50. The van der Waals surface area contributed by atoms with Gasteiger partial charge in [-0.2, -0.15) is 0 Å². The number of rotatable bonds is 4. The quantitative estimate of drug-likeness (QED) is 0.905. The van der Waals surface area contributed by atoms with Crippen molar-refractivity contribution in [3.8, 4) is 5.75 Å². The Bertz CT molecular complexity index is 761. The molecule has 0 atom stereocenters. The van der Waals surface area contributed by atoms with Crippen molar-refractivity contribution in [2.75, 3.05) is 23.5 Å². The molecule has 1 aliphatic rings. The summed E-state index contributed by atoms with van der Waals surface area (Å²) in [6.07, 6.45) is 0.241. The molecule has 2 aromatic rings. The van der Waals surface area contributed by atoms with Crippen LogP contribution in [0.25, 0.3) is 0 Å². The molecule has 23 heavy (non-hydrogen) atoms. The highest BCUT2D eigenvalue weighted by molar-refractivity contribution is 8.00. The van der Waals surface area contributed by atoms with Crippen LogP contribution in [0.5, 0.6) is 5.75 Å². The summed E-state index contributed by atoms with van der Waals surface area (Å²) in [6, 6.07) is 12.9. The molecule has 0 radical (unpaired) electrons. The highest BCUT2D eigenvalue weighted by atomic mass is 32.2. The summed E-state index contributed by atoms with van der Waals surface area (Å²) < 4.78 is 5.13. The molecule has 5 nitrogen and oxygen atoms in total. The zero-order chi connectivity index (χ0) is 16.2. The molecule has 0 unspecified atom stereocenters. The average Bonchev–Trinajstić information content (AvgIpc) is 2.54. The Balaban J connectivity index is 1.68. The Morgan fingerprint density at radius 2 is 2.17 bits per heavy atom. The van der Waals surface area contributed by atoms with Crippen molar-refractivity contribution >= 4 is 35.0 Å². The lowest BCUT2D eigenvalue weighted by Gasteiger charge is -2.17. The molecule has 0 bridgehead atoms. The van der Waals surface area contributed by atoms with E-state index in [2.05, 4.69) is 10.6 Å². The third kappa shape index (κ3) is 3.84. The van der Waals surface area contributed by atoms with Crippen LogP contribution in [0.4, 0.5) is 11.4 Å². The first kappa shape index (κ1) is 15.4. The normalized spacial score (nSPS) is 13.0. The van der Waals surface area contributed by atoms with Crippen molar-refractivity contribution in [3.63, 3.8) is 0 Å². The van der Waals surface area contributed by atoms with Crippen LogP contribution < -0.4 is 15.4 Å². The first-order chi connectivity index (χ1) is 11.1. The van der Waals surface area contributed by atoms with Gasteiger partial charge in [0.2, 0.25) is 11.8 Å². The number of carbonyl (C=O) groups is 2. The predicted octanol–water partition coefficient (Wildman–Crippen LogP) is 2.92. The minimum Gasteiger partial charge on any atom is -0.497 e. The van der Waals surface area contributed by atoms with Crippen LogP contribution in [-0.2, 0) is 16.0 Å². The summed E-state index contributed by atoms with van der Waals surface area (Å²) in [7, 11) is 1.58. The standard InChI is InChI=1S/C17H16N2O3S/c1-22-13-4-2-3-12(9-13)18-16(20)8-11-5-6-15-14(7-11)19-17(21)10-23-15/h2-7,9H,8,10H2,1H3,(H,18,20)(H,19,21).